The Balaban J connectivity index is 2.49. The first kappa shape index (κ1) is 13.4. The summed E-state index contributed by atoms with van der Waals surface area (Å²) in [5.41, 5.74) is 0.134. The van der Waals surface area contributed by atoms with Crippen LogP contribution in [0.4, 0.5) is 0 Å². The van der Waals surface area contributed by atoms with Gasteiger partial charge < -0.3 is 14.2 Å². The van der Waals surface area contributed by atoms with Gasteiger partial charge >= 0.3 is 0 Å². The van der Waals surface area contributed by atoms with E-state index in [4.69, 9.17) is 14.2 Å². The molecule has 5 nitrogen and oxygen atoms in total. The van der Waals surface area contributed by atoms with Crippen molar-refractivity contribution in [3.63, 3.8) is 0 Å². The monoisotopic (exact) mass is 261 g/mol. The van der Waals surface area contributed by atoms with Crippen LogP contribution in [0.5, 0.6) is 11.5 Å². The largest absolute Gasteiger partial charge is 0.496 e. The number of benzene rings is 1. The maximum absolute atomic E-state index is 12.5. The summed E-state index contributed by atoms with van der Waals surface area (Å²) in [7, 11) is 3.03. The van der Waals surface area contributed by atoms with E-state index in [0.717, 1.165) is 5.56 Å². The lowest BCUT2D eigenvalue weighted by Gasteiger charge is -2.33. The van der Waals surface area contributed by atoms with Gasteiger partial charge in [-0.15, -0.1) is 0 Å². The van der Waals surface area contributed by atoms with Crippen molar-refractivity contribution in [2.24, 2.45) is 5.41 Å². The second-order valence-corrected chi connectivity index (χ2v) is 4.54. The molecule has 0 amide bonds. The van der Waals surface area contributed by atoms with Gasteiger partial charge in [0.1, 0.15) is 11.5 Å². The Morgan fingerprint density at radius 3 is 2.37 bits per heavy atom. The van der Waals surface area contributed by atoms with Crippen LogP contribution in [0.3, 0.4) is 0 Å². The number of hydrogen-bond donors (Lipinski definition) is 0. The van der Waals surface area contributed by atoms with Gasteiger partial charge in [0, 0.05) is 0 Å². The molecular weight excluding hydrogens is 246 g/mol. The number of ketones is 1. The lowest BCUT2D eigenvalue weighted by Crippen LogP contribution is -2.48. The van der Waals surface area contributed by atoms with E-state index in [-0.39, 0.29) is 19.0 Å². The van der Waals surface area contributed by atoms with E-state index in [0.29, 0.717) is 17.1 Å². The number of nitriles is 1. The first-order valence-corrected chi connectivity index (χ1v) is 5.84. The number of hydrogen-bond acceptors (Lipinski definition) is 5. The molecule has 0 N–H and O–H groups in total. The van der Waals surface area contributed by atoms with Gasteiger partial charge in [-0.1, -0.05) is 0 Å². The molecule has 1 heterocycles. The first-order chi connectivity index (χ1) is 9.07. The zero-order chi connectivity index (χ0) is 14.0. The molecule has 0 aliphatic carbocycles. The zero-order valence-electron chi connectivity index (χ0n) is 11.1. The van der Waals surface area contributed by atoms with Crippen LogP contribution in [-0.4, -0.2) is 33.2 Å². The van der Waals surface area contributed by atoms with Crippen molar-refractivity contribution >= 4 is 5.78 Å². The molecule has 19 heavy (non-hydrogen) atoms. The zero-order valence-corrected chi connectivity index (χ0v) is 11.1. The minimum atomic E-state index is -1.09. The quantitative estimate of drug-likeness (QED) is 0.772. The Labute approximate surface area is 111 Å². The highest BCUT2D eigenvalue weighted by Crippen LogP contribution is 2.36. The highest BCUT2D eigenvalue weighted by molar-refractivity contribution is 6.05. The van der Waals surface area contributed by atoms with Crippen LogP contribution in [0.2, 0.25) is 0 Å². The van der Waals surface area contributed by atoms with Crippen LogP contribution in [0, 0.1) is 23.7 Å². The summed E-state index contributed by atoms with van der Waals surface area (Å²) >= 11 is 0. The van der Waals surface area contributed by atoms with Crippen LogP contribution < -0.4 is 9.47 Å². The van der Waals surface area contributed by atoms with E-state index in [1.54, 1.807) is 12.1 Å². The van der Waals surface area contributed by atoms with Gasteiger partial charge in [0.05, 0.1) is 39.1 Å². The average molecular weight is 261 g/mol. The van der Waals surface area contributed by atoms with E-state index in [1.165, 1.54) is 14.2 Å². The molecule has 0 saturated carbocycles. The third-order valence-corrected chi connectivity index (χ3v) is 3.31. The van der Waals surface area contributed by atoms with E-state index in [1.807, 2.05) is 13.0 Å². The molecule has 1 aromatic rings. The normalized spacial score (nSPS) is 16.1. The van der Waals surface area contributed by atoms with E-state index < -0.39 is 5.41 Å². The molecule has 2 rings (SSSR count). The molecule has 0 aromatic heterocycles. The fourth-order valence-electron chi connectivity index (χ4n) is 2.04. The first-order valence-electron chi connectivity index (χ1n) is 5.84. The molecule has 0 spiro atoms. The summed E-state index contributed by atoms with van der Waals surface area (Å²) in [6.45, 7) is 2.12. The molecule has 1 saturated heterocycles. The van der Waals surface area contributed by atoms with Gasteiger partial charge in [0.2, 0.25) is 0 Å². The van der Waals surface area contributed by atoms with Crippen LogP contribution in [-0.2, 0) is 4.74 Å². The van der Waals surface area contributed by atoms with E-state index in [2.05, 4.69) is 0 Å². The number of carbonyl (C=O) groups is 1. The Kier molecular flexibility index (Phi) is 3.45. The maximum Gasteiger partial charge on any atom is 0.191 e. The summed E-state index contributed by atoms with van der Waals surface area (Å²) in [6.07, 6.45) is 0. The van der Waals surface area contributed by atoms with Crippen LogP contribution in [0.15, 0.2) is 12.1 Å². The molecule has 100 valence electrons. The van der Waals surface area contributed by atoms with Gasteiger partial charge in [0.25, 0.3) is 0 Å². The molecule has 1 aromatic carbocycles. The molecule has 1 aliphatic heterocycles. The maximum atomic E-state index is 12.5. The molecular formula is C14H15NO4. The minimum Gasteiger partial charge on any atom is -0.496 e. The lowest BCUT2D eigenvalue weighted by molar-refractivity contribution is -0.0567. The number of methoxy groups -OCH3 is 2. The molecule has 0 radical (unpaired) electrons. The van der Waals surface area contributed by atoms with Crippen molar-refractivity contribution in [2.75, 3.05) is 27.4 Å². The van der Waals surface area contributed by atoms with Crippen molar-refractivity contribution in [3.8, 4) is 17.6 Å². The smallest absolute Gasteiger partial charge is 0.191 e. The van der Waals surface area contributed by atoms with Crippen LogP contribution >= 0.6 is 0 Å². The molecule has 0 unspecified atom stereocenters. The lowest BCUT2D eigenvalue weighted by atomic mass is 9.79. The van der Waals surface area contributed by atoms with Crippen molar-refractivity contribution in [1.82, 2.24) is 0 Å². The topological polar surface area (TPSA) is 68.6 Å². The summed E-state index contributed by atoms with van der Waals surface area (Å²) < 4.78 is 15.4. The number of ether oxygens (including phenoxy) is 3. The second kappa shape index (κ2) is 4.90. The highest BCUT2D eigenvalue weighted by Gasteiger charge is 2.47. The van der Waals surface area contributed by atoms with Gasteiger partial charge in [0.15, 0.2) is 11.2 Å². The summed E-state index contributed by atoms with van der Waals surface area (Å²) in [5.74, 6) is 0.763. The van der Waals surface area contributed by atoms with Gasteiger partial charge in [-0.25, -0.2) is 0 Å². The van der Waals surface area contributed by atoms with Crippen LogP contribution in [0.25, 0.3) is 0 Å². The Bertz CT molecular complexity index is 555. The SMILES string of the molecule is COc1cc(C(=O)C2(C#N)COC2)c(OC)cc1C. The predicted octanol–water partition coefficient (Wildman–Crippen LogP) is 1.74. The summed E-state index contributed by atoms with van der Waals surface area (Å²) in [4.78, 5) is 12.5. The minimum absolute atomic E-state index is 0.127. The third-order valence-electron chi connectivity index (χ3n) is 3.31. The second-order valence-electron chi connectivity index (χ2n) is 4.54. The molecule has 5 heteroatoms. The van der Waals surface area contributed by atoms with E-state index in [9.17, 15) is 10.1 Å². The fraction of sp³-hybridized carbons (Fsp3) is 0.429. The van der Waals surface area contributed by atoms with E-state index >= 15 is 0 Å². The van der Waals surface area contributed by atoms with Gasteiger partial charge in [-0.2, -0.15) is 5.26 Å². The van der Waals surface area contributed by atoms with Crippen molar-refractivity contribution in [2.45, 2.75) is 6.92 Å². The number of nitrogens with zero attached hydrogens (tertiary/aromatic N) is 1. The van der Waals surface area contributed by atoms with Gasteiger partial charge in [-0.3, -0.25) is 4.79 Å². The fourth-order valence-corrected chi connectivity index (χ4v) is 2.04. The third kappa shape index (κ3) is 2.04. The van der Waals surface area contributed by atoms with Crippen molar-refractivity contribution in [3.05, 3.63) is 23.3 Å². The highest BCUT2D eigenvalue weighted by atomic mass is 16.5. The molecule has 0 atom stereocenters. The standard InChI is InChI=1S/C14H15NO4/c1-9-4-12(18-3)10(5-11(9)17-2)13(16)14(6-15)7-19-8-14/h4-5H,7-8H2,1-3H3. The number of aryl methyl sites for hydroxylation is 1. The summed E-state index contributed by atoms with van der Waals surface area (Å²) in [6, 6.07) is 5.40. The molecule has 1 fully saturated rings. The van der Waals surface area contributed by atoms with Crippen LogP contribution in [0.1, 0.15) is 15.9 Å². The number of rotatable bonds is 4. The molecule has 0 bridgehead atoms. The van der Waals surface area contributed by atoms with Gasteiger partial charge in [-0.05, 0) is 24.6 Å². The van der Waals surface area contributed by atoms with Crippen molar-refractivity contribution < 1.29 is 19.0 Å². The summed E-state index contributed by atoms with van der Waals surface area (Å²) in [5, 5.41) is 9.19. The predicted molar refractivity (Wildman–Crippen MR) is 67.5 cm³/mol. The van der Waals surface area contributed by atoms with Crippen molar-refractivity contribution in [1.29, 1.82) is 5.26 Å². The number of Topliss-reactive ketones (excluding diaryl/α,β-unsaturated/α-hetero) is 1. The Morgan fingerprint density at radius 1 is 1.32 bits per heavy atom. The Morgan fingerprint density at radius 2 is 1.95 bits per heavy atom. The average Bonchev–Trinajstić information content (AvgIpc) is 2.37. The number of carbonyl (C=O) groups excluding carboxylic acids is 1. The molecule has 1 aliphatic rings. The Hall–Kier alpha value is -2.06.